The highest BCUT2D eigenvalue weighted by molar-refractivity contribution is 6.06. The van der Waals surface area contributed by atoms with Gasteiger partial charge in [-0.15, -0.1) is 0 Å². The average Bonchev–Trinajstić information content (AvgIpc) is 3.19. The normalized spacial score (nSPS) is 16.8. The number of fused-ring (bicyclic) bond motifs is 3. The summed E-state index contributed by atoms with van der Waals surface area (Å²) in [6, 6.07) is 6.18. The maximum Gasteiger partial charge on any atom is 0.278 e. The fraction of sp³-hybridized carbons (Fsp3) is 0.458. The lowest BCUT2D eigenvalue weighted by Crippen LogP contribution is -2.35. The third-order valence-electron chi connectivity index (χ3n) is 6.74. The molecule has 2 aliphatic rings. The molecule has 2 fully saturated rings. The molecule has 1 amide bonds. The van der Waals surface area contributed by atoms with Crippen molar-refractivity contribution in [2.24, 2.45) is 0 Å². The van der Waals surface area contributed by atoms with Crippen LogP contribution in [0, 0.1) is 6.92 Å². The summed E-state index contributed by atoms with van der Waals surface area (Å²) in [6.45, 7) is 2.23. The Bertz CT molecular complexity index is 1420. The first kappa shape index (κ1) is 20.1. The molecule has 0 bridgehead atoms. The number of amides is 1. The van der Waals surface area contributed by atoms with Gasteiger partial charge in [-0.1, -0.05) is 29.6 Å². The topological polar surface area (TPSA) is 108 Å². The van der Waals surface area contributed by atoms with Gasteiger partial charge in [-0.25, -0.2) is 4.98 Å². The molecule has 3 aromatic heterocycles. The molecule has 0 aliphatic heterocycles. The molecular weight excluding hydrogens is 420 g/mol. The number of aryl methyl sites for hydroxylation is 1. The Labute approximate surface area is 189 Å². The predicted octanol–water partition coefficient (Wildman–Crippen LogP) is 3.03. The first-order valence-electron chi connectivity index (χ1n) is 11.7. The second kappa shape index (κ2) is 7.83. The monoisotopic (exact) mass is 446 g/mol. The molecule has 1 N–H and O–H groups in total. The van der Waals surface area contributed by atoms with Gasteiger partial charge in [0.2, 0.25) is 11.8 Å². The summed E-state index contributed by atoms with van der Waals surface area (Å²) in [4.78, 5) is 35.5. The first-order valence-corrected chi connectivity index (χ1v) is 11.7. The second-order valence-corrected chi connectivity index (χ2v) is 9.35. The number of hydrogen-bond donors (Lipinski definition) is 1. The molecule has 0 atom stereocenters. The molecule has 0 unspecified atom stereocenters. The van der Waals surface area contributed by atoms with Crippen LogP contribution in [-0.2, 0) is 17.9 Å². The van der Waals surface area contributed by atoms with Gasteiger partial charge in [-0.05, 0) is 44.7 Å². The van der Waals surface area contributed by atoms with E-state index >= 15 is 0 Å². The Hall–Kier alpha value is -3.49. The summed E-state index contributed by atoms with van der Waals surface area (Å²) in [5, 5.41) is 8.04. The lowest BCUT2D eigenvalue weighted by molar-refractivity contribution is -0.122. The van der Waals surface area contributed by atoms with Gasteiger partial charge >= 0.3 is 0 Å². The summed E-state index contributed by atoms with van der Waals surface area (Å²) in [7, 11) is 0. The number of benzene rings is 1. The van der Waals surface area contributed by atoms with Crippen molar-refractivity contribution in [3.8, 4) is 0 Å². The zero-order valence-corrected chi connectivity index (χ0v) is 18.6. The molecule has 33 heavy (non-hydrogen) atoms. The Kier molecular flexibility index (Phi) is 4.78. The van der Waals surface area contributed by atoms with Crippen molar-refractivity contribution >= 4 is 27.8 Å². The minimum atomic E-state index is -0.228. The van der Waals surface area contributed by atoms with E-state index in [1.54, 1.807) is 4.57 Å². The number of nitrogens with zero attached hydrogens (tertiary/aromatic N) is 5. The van der Waals surface area contributed by atoms with Crippen molar-refractivity contribution in [3.63, 3.8) is 0 Å². The van der Waals surface area contributed by atoms with Crippen LogP contribution in [0.1, 0.15) is 61.7 Å². The fourth-order valence-electron chi connectivity index (χ4n) is 4.86. The average molecular weight is 447 g/mol. The van der Waals surface area contributed by atoms with E-state index in [2.05, 4.69) is 20.4 Å². The number of nitrogens with one attached hydrogen (secondary N) is 1. The quantitative estimate of drug-likeness (QED) is 0.488. The maximum atomic E-state index is 13.6. The van der Waals surface area contributed by atoms with E-state index < -0.39 is 0 Å². The minimum absolute atomic E-state index is 0.0763. The highest BCUT2D eigenvalue weighted by atomic mass is 16.5. The molecule has 1 aromatic carbocycles. The van der Waals surface area contributed by atoms with Gasteiger partial charge < -0.3 is 14.4 Å². The summed E-state index contributed by atoms with van der Waals surface area (Å²) in [6.07, 6.45) is 8.00. The van der Waals surface area contributed by atoms with Gasteiger partial charge in [0, 0.05) is 17.3 Å². The van der Waals surface area contributed by atoms with E-state index in [1.165, 1.54) is 10.9 Å². The van der Waals surface area contributed by atoms with Crippen LogP contribution in [0.25, 0.3) is 21.9 Å². The Balaban J connectivity index is 1.41. The molecule has 170 valence electrons. The molecule has 4 aromatic rings. The van der Waals surface area contributed by atoms with Crippen LogP contribution < -0.4 is 10.9 Å². The molecule has 0 radical (unpaired) electrons. The molecule has 2 saturated carbocycles. The molecule has 2 aliphatic carbocycles. The number of carbonyl (C=O) groups excluding carboxylic acids is 1. The number of aromatic nitrogens is 5. The smallest absolute Gasteiger partial charge is 0.278 e. The third kappa shape index (κ3) is 3.71. The van der Waals surface area contributed by atoms with E-state index in [-0.39, 0.29) is 30.6 Å². The molecule has 0 saturated heterocycles. The van der Waals surface area contributed by atoms with Crippen LogP contribution in [0.5, 0.6) is 0 Å². The van der Waals surface area contributed by atoms with Crippen molar-refractivity contribution in [2.45, 2.75) is 70.5 Å². The van der Waals surface area contributed by atoms with Crippen molar-refractivity contribution < 1.29 is 9.32 Å². The summed E-state index contributed by atoms with van der Waals surface area (Å²) in [5.41, 5.74) is 2.69. The number of carbonyl (C=O) groups is 1. The Morgan fingerprint density at radius 1 is 1.21 bits per heavy atom. The van der Waals surface area contributed by atoms with Crippen LogP contribution in [0.4, 0.5) is 0 Å². The van der Waals surface area contributed by atoms with Gasteiger partial charge in [0.05, 0.1) is 11.8 Å². The number of rotatable bonds is 6. The highest BCUT2D eigenvalue weighted by Gasteiger charge is 2.29. The van der Waals surface area contributed by atoms with Crippen molar-refractivity contribution in [1.82, 2.24) is 29.6 Å². The van der Waals surface area contributed by atoms with Gasteiger partial charge in [0.15, 0.2) is 5.82 Å². The third-order valence-corrected chi connectivity index (χ3v) is 6.74. The van der Waals surface area contributed by atoms with E-state index in [4.69, 9.17) is 4.52 Å². The van der Waals surface area contributed by atoms with Crippen LogP contribution in [0.2, 0.25) is 0 Å². The van der Waals surface area contributed by atoms with Gasteiger partial charge in [-0.3, -0.25) is 14.2 Å². The summed E-state index contributed by atoms with van der Waals surface area (Å²) < 4.78 is 8.63. The molecule has 6 rings (SSSR count). The van der Waals surface area contributed by atoms with E-state index in [1.807, 2.05) is 25.1 Å². The zero-order chi connectivity index (χ0) is 22.5. The SMILES string of the molecule is Cc1ccc2c(c1)c1ncn(Cc3nc(C4CC4)no3)c(=O)c1n2CC(=O)NC1CCCC1. The predicted molar refractivity (Wildman–Crippen MR) is 122 cm³/mol. The largest absolute Gasteiger partial charge is 0.352 e. The van der Waals surface area contributed by atoms with E-state index in [9.17, 15) is 9.59 Å². The molecule has 9 heteroatoms. The van der Waals surface area contributed by atoms with Crippen LogP contribution in [0.3, 0.4) is 0 Å². The van der Waals surface area contributed by atoms with Gasteiger partial charge in [-0.2, -0.15) is 4.98 Å². The van der Waals surface area contributed by atoms with E-state index in [0.29, 0.717) is 28.7 Å². The highest BCUT2D eigenvalue weighted by Crippen LogP contribution is 2.38. The molecule has 0 spiro atoms. The summed E-state index contributed by atoms with van der Waals surface area (Å²) >= 11 is 0. The van der Waals surface area contributed by atoms with Crippen LogP contribution >= 0.6 is 0 Å². The molecular formula is C24H26N6O3. The van der Waals surface area contributed by atoms with E-state index in [0.717, 1.165) is 55.0 Å². The Morgan fingerprint density at radius 2 is 2.03 bits per heavy atom. The number of hydrogen-bond acceptors (Lipinski definition) is 6. The van der Waals surface area contributed by atoms with Crippen LogP contribution in [-0.4, -0.2) is 36.2 Å². The fourth-order valence-corrected chi connectivity index (χ4v) is 4.86. The Morgan fingerprint density at radius 3 is 2.82 bits per heavy atom. The van der Waals surface area contributed by atoms with Gasteiger partial charge in [0.25, 0.3) is 5.56 Å². The second-order valence-electron chi connectivity index (χ2n) is 9.35. The standard InChI is InChI=1S/C24H26N6O3/c1-14-6-9-18-17(10-14)21-22(30(18)11-19(31)26-16-4-2-3-5-16)24(32)29(13-25-21)12-20-27-23(28-33-20)15-7-8-15/h6,9-10,13,15-16H,2-5,7-8,11-12H2,1H3,(H,26,31). The van der Waals surface area contributed by atoms with Crippen LogP contribution in [0.15, 0.2) is 33.8 Å². The minimum Gasteiger partial charge on any atom is -0.352 e. The lowest BCUT2D eigenvalue weighted by Gasteiger charge is -2.13. The zero-order valence-electron chi connectivity index (χ0n) is 18.6. The maximum absolute atomic E-state index is 13.6. The van der Waals surface area contributed by atoms with Crippen molar-refractivity contribution in [1.29, 1.82) is 0 Å². The van der Waals surface area contributed by atoms with Crippen molar-refractivity contribution in [3.05, 3.63) is 52.2 Å². The van der Waals surface area contributed by atoms with Gasteiger partial charge in [0.1, 0.15) is 24.1 Å². The molecule has 9 nitrogen and oxygen atoms in total. The first-order chi connectivity index (χ1) is 16.1. The summed E-state index contributed by atoms with van der Waals surface area (Å²) in [5.74, 6) is 1.39. The van der Waals surface area contributed by atoms with Crippen molar-refractivity contribution in [2.75, 3.05) is 0 Å². The molecule has 3 heterocycles. The lowest BCUT2D eigenvalue weighted by atomic mass is 10.1.